The van der Waals surface area contributed by atoms with Gasteiger partial charge in [0.15, 0.2) is 0 Å². The van der Waals surface area contributed by atoms with E-state index in [1.165, 1.54) is 12.1 Å². The van der Waals surface area contributed by atoms with Crippen molar-refractivity contribution in [1.82, 2.24) is 0 Å². The highest BCUT2D eigenvalue weighted by Crippen LogP contribution is 2.21. The van der Waals surface area contributed by atoms with Gasteiger partial charge in [-0.25, -0.2) is 0 Å². The maximum atomic E-state index is 12.0. The lowest BCUT2D eigenvalue weighted by Crippen LogP contribution is -2.23. The summed E-state index contributed by atoms with van der Waals surface area (Å²) in [6.45, 7) is 4.68. The quantitative estimate of drug-likeness (QED) is 0.721. The Morgan fingerprint density at radius 2 is 2.00 bits per heavy atom. The monoisotopic (exact) mass is 311 g/mol. The van der Waals surface area contributed by atoms with Crippen LogP contribution in [0.5, 0.6) is 0 Å². The molecular weight excluding hydrogens is 290 g/mol. The van der Waals surface area contributed by atoms with Gasteiger partial charge in [0.2, 0.25) is 11.8 Å². The Labute approximate surface area is 130 Å². The van der Waals surface area contributed by atoms with Gasteiger partial charge >= 0.3 is 0 Å². The third-order valence-corrected chi connectivity index (χ3v) is 3.44. The summed E-state index contributed by atoms with van der Waals surface area (Å²) < 4.78 is 0. The van der Waals surface area contributed by atoms with Crippen molar-refractivity contribution in [1.29, 1.82) is 0 Å². The van der Waals surface area contributed by atoms with Crippen LogP contribution in [0.25, 0.3) is 0 Å². The molecule has 5 nitrogen and oxygen atoms in total. The molecule has 0 aromatic heterocycles. The van der Waals surface area contributed by atoms with Crippen molar-refractivity contribution in [3.8, 4) is 0 Å². The Morgan fingerprint density at radius 1 is 1.33 bits per heavy atom. The second-order valence-electron chi connectivity index (χ2n) is 5.54. The van der Waals surface area contributed by atoms with E-state index in [2.05, 4.69) is 19.2 Å². The van der Waals surface area contributed by atoms with E-state index >= 15 is 0 Å². The number of rotatable bonds is 7. The Bertz CT molecular complexity index is 518. The normalized spacial score (nSPS) is 12.2. The van der Waals surface area contributed by atoms with Crippen LogP contribution in [0.3, 0.4) is 0 Å². The molecule has 1 rings (SSSR count). The first-order valence-corrected chi connectivity index (χ1v) is 7.30. The van der Waals surface area contributed by atoms with Crippen LogP contribution in [-0.4, -0.2) is 18.4 Å². The van der Waals surface area contributed by atoms with Crippen LogP contribution >= 0.6 is 11.6 Å². The standard InChI is InChI=1S/C15H22ClN3O2/c1-9(2)5-10(8-17)6-14(20)19-11-3-4-12(15(18)21)13(16)7-11/h3-4,7,9-10H,5-6,8,17H2,1-2H3,(H2,18,21)(H,19,20)/t10-/m0/s1. The van der Waals surface area contributed by atoms with Crippen molar-refractivity contribution in [3.63, 3.8) is 0 Å². The molecule has 1 aromatic carbocycles. The minimum Gasteiger partial charge on any atom is -0.366 e. The Kier molecular flexibility index (Phi) is 6.65. The van der Waals surface area contributed by atoms with Crippen LogP contribution in [0.2, 0.25) is 5.02 Å². The average molecular weight is 312 g/mol. The Morgan fingerprint density at radius 3 is 2.48 bits per heavy atom. The van der Waals surface area contributed by atoms with Crippen LogP contribution < -0.4 is 16.8 Å². The minimum absolute atomic E-state index is 0.117. The Hall–Kier alpha value is -1.59. The molecule has 21 heavy (non-hydrogen) atoms. The molecule has 0 heterocycles. The highest BCUT2D eigenvalue weighted by molar-refractivity contribution is 6.34. The van der Waals surface area contributed by atoms with Gasteiger partial charge in [0.05, 0.1) is 10.6 Å². The van der Waals surface area contributed by atoms with Crippen molar-refractivity contribution in [2.75, 3.05) is 11.9 Å². The maximum Gasteiger partial charge on any atom is 0.250 e. The molecule has 6 heteroatoms. The van der Waals surface area contributed by atoms with Gasteiger partial charge in [0.1, 0.15) is 0 Å². The predicted octanol–water partition coefficient (Wildman–Crippen LogP) is 2.39. The highest BCUT2D eigenvalue weighted by Gasteiger charge is 2.15. The summed E-state index contributed by atoms with van der Waals surface area (Å²) in [7, 11) is 0. The SMILES string of the molecule is CC(C)C[C@H](CN)CC(=O)Nc1ccc(C(N)=O)c(Cl)c1. The fraction of sp³-hybridized carbons (Fsp3) is 0.467. The number of hydrogen-bond acceptors (Lipinski definition) is 3. The fourth-order valence-corrected chi connectivity index (χ4v) is 2.47. The van der Waals surface area contributed by atoms with E-state index in [9.17, 15) is 9.59 Å². The van der Waals surface area contributed by atoms with Crippen LogP contribution in [0, 0.1) is 11.8 Å². The molecular formula is C15H22ClN3O2. The largest absolute Gasteiger partial charge is 0.366 e. The van der Waals surface area contributed by atoms with E-state index in [0.29, 0.717) is 24.6 Å². The van der Waals surface area contributed by atoms with Crippen LogP contribution in [0.4, 0.5) is 5.69 Å². The first kappa shape index (κ1) is 17.5. The number of carbonyl (C=O) groups excluding carboxylic acids is 2. The number of halogens is 1. The molecule has 0 spiro atoms. The summed E-state index contributed by atoms with van der Waals surface area (Å²) in [5, 5.41) is 2.98. The zero-order chi connectivity index (χ0) is 16.0. The van der Waals surface area contributed by atoms with Gasteiger partial charge in [-0.05, 0) is 43.0 Å². The highest BCUT2D eigenvalue weighted by atomic mass is 35.5. The predicted molar refractivity (Wildman–Crippen MR) is 85.2 cm³/mol. The van der Waals surface area contributed by atoms with Gasteiger partial charge in [-0.1, -0.05) is 25.4 Å². The van der Waals surface area contributed by atoms with Gasteiger partial charge in [0.25, 0.3) is 0 Å². The summed E-state index contributed by atoms with van der Waals surface area (Å²) in [4.78, 5) is 23.1. The van der Waals surface area contributed by atoms with Gasteiger partial charge in [0, 0.05) is 12.1 Å². The molecule has 1 atom stereocenters. The van der Waals surface area contributed by atoms with Crippen molar-refractivity contribution in [2.24, 2.45) is 23.3 Å². The summed E-state index contributed by atoms with van der Waals surface area (Å²) >= 11 is 5.94. The van der Waals surface area contributed by atoms with E-state index < -0.39 is 5.91 Å². The molecule has 0 bridgehead atoms. The summed E-state index contributed by atoms with van der Waals surface area (Å²) in [6.07, 6.45) is 1.27. The number of carbonyl (C=O) groups is 2. The first-order valence-electron chi connectivity index (χ1n) is 6.92. The van der Waals surface area contributed by atoms with Crippen LogP contribution in [0.15, 0.2) is 18.2 Å². The van der Waals surface area contributed by atoms with Gasteiger partial charge < -0.3 is 16.8 Å². The molecule has 0 aliphatic carbocycles. The second kappa shape index (κ2) is 8.00. The number of nitrogens with two attached hydrogens (primary N) is 2. The lowest BCUT2D eigenvalue weighted by Gasteiger charge is -2.16. The van der Waals surface area contributed by atoms with E-state index in [4.69, 9.17) is 23.1 Å². The third kappa shape index (κ3) is 5.73. The van der Waals surface area contributed by atoms with Crippen LogP contribution in [-0.2, 0) is 4.79 Å². The molecule has 0 aliphatic heterocycles. The van der Waals surface area contributed by atoms with Crippen molar-refractivity contribution < 1.29 is 9.59 Å². The Balaban J connectivity index is 2.66. The van der Waals surface area contributed by atoms with E-state index in [0.717, 1.165) is 6.42 Å². The molecule has 0 radical (unpaired) electrons. The van der Waals surface area contributed by atoms with Crippen molar-refractivity contribution >= 4 is 29.1 Å². The summed E-state index contributed by atoms with van der Waals surface area (Å²) in [6, 6.07) is 4.61. The molecule has 0 saturated heterocycles. The summed E-state index contributed by atoms with van der Waals surface area (Å²) in [5.41, 5.74) is 11.6. The maximum absolute atomic E-state index is 12.0. The van der Waals surface area contributed by atoms with E-state index in [1.54, 1.807) is 6.07 Å². The zero-order valence-corrected chi connectivity index (χ0v) is 13.1. The van der Waals surface area contributed by atoms with Crippen LogP contribution in [0.1, 0.15) is 37.0 Å². The first-order chi connectivity index (χ1) is 9.83. The number of hydrogen-bond donors (Lipinski definition) is 3. The smallest absolute Gasteiger partial charge is 0.250 e. The van der Waals surface area contributed by atoms with Gasteiger partial charge in [-0.2, -0.15) is 0 Å². The molecule has 0 aliphatic rings. The lowest BCUT2D eigenvalue weighted by atomic mass is 9.94. The zero-order valence-electron chi connectivity index (χ0n) is 12.4. The number of anilines is 1. The minimum atomic E-state index is -0.599. The third-order valence-electron chi connectivity index (χ3n) is 3.13. The molecule has 116 valence electrons. The van der Waals surface area contributed by atoms with Crippen molar-refractivity contribution in [3.05, 3.63) is 28.8 Å². The van der Waals surface area contributed by atoms with E-state index in [1.807, 2.05) is 0 Å². The van der Waals surface area contributed by atoms with Gasteiger partial charge in [-0.15, -0.1) is 0 Å². The molecule has 0 unspecified atom stereocenters. The molecule has 0 fully saturated rings. The lowest BCUT2D eigenvalue weighted by molar-refractivity contribution is -0.117. The van der Waals surface area contributed by atoms with E-state index in [-0.39, 0.29) is 22.4 Å². The van der Waals surface area contributed by atoms with Gasteiger partial charge in [-0.3, -0.25) is 9.59 Å². The average Bonchev–Trinajstić information content (AvgIpc) is 2.36. The topological polar surface area (TPSA) is 98.2 Å². The molecule has 5 N–H and O–H groups in total. The summed E-state index contributed by atoms with van der Waals surface area (Å²) in [5.74, 6) is -0.0620. The second-order valence-corrected chi connectivity index (χ2v) is 5.95. The number of amides is 2. The number of nitrogens with one attached hydrogen (secondary N) is 1. The number of primary amides is 1. The molecule has 0 saturated carbocycles. The number of benzene rings is 1. The molecule has 2 amide bonds. The molecule has 1 aromatic rings. The fourth-order valence-electron chi connectivity index (χ4n) is 2.20. The van der Waals surface area contributed by atoms with Crippen molar-refractivity contribution in [2.45, 2.75) is 26.7 Å².